The molecule has 0 radical (unpaired) electrons. The predicted octanol–water partition coefficient (Wildman–Crippen LogP) is 4.84. The minimum absolute atomic E-state index is 0.859. The molecule has 0 heterocycles. The maximum atomic E-state index is 4.53. The van der Waals surface area contributed by atoms with Gasteiger partial charge in [0.15, 0.2) is 0 Å². The number of benzene rings is 1. The molecular formula is C13H16S3. The predicted molar refractivity (Wildman–Crippen MR) is 81.4 cm³/mol. The molecule has 0 bridgehead atoms. The van der Waals surface area contributed by atoms with Crippen molar-refractivity contribution in [2.24, 2.45) is 0 Å². The third-order valence-corrected chi connectivity index (χ3v) is 3.92. The normalized spacial score (nSPS) is 12.5. The highest BCUT2D eigenvalue weighted by molar-refractivity contribution is 7.83. The van der Waals surface area contributed by atoms with Gasteiger partial charge in [-0.1, -0.05) is 18.2 Å². The van der Waals surface area contributed by atoms with Crippen LogP contribution in [0.4, 0.5) is 0 Å². The van der Waals surface area contributed by atoms with Gasteiger partial charge >= 0.3 is 0 Å². The molecule has 0 atom stereocenters. The second-order valence-corrected chi connectivity index (χ2v) is 4.92. The van der Waals surface area contributed by atoms with E-state index < -0.39 is 0 Å². The van der Waals surface area contributed by atoms with Gasteiger partial charge in [-0.2, -0.15) is 0 Å². The molecular weight excluding hydrogens is 252 g/mol. The highest BCUT2D eigenvalue weighted by Crippen LogP contribution is 2.35. The second-order valence-electron chi connectivity index (χ2n) is 3.51. The summed E-state index contributed by atoms with van der Waals surface area (Å²) in [5, 5.41) is 0. The summed E-state index contributed by atoms with van der Waals surface area (Å²) in [6.07, 6.45) is 6.16. The molecule has 0 nitrogen and oxygen atoms in total. The summed E-state index contributed by atoms with van der Waals surface area (Å²) in [6, 6.07) is 1.93. The lowest BCUT2D eigenvalue weighted by atomic mass is 9.99. The molecule has 0 unspecified atom stereocenters. The minimum Gasteiger partial charge on any atom is -0.143 e. The van der Waals surface area contributed by atoms with Gasteiger partial charge in [-0.15, -0.1) is 37.9 Å². The maximum Gasteiger partial charge on any atom is 0.0256 e. The van der Waals surface area contributed by atoms with Crippen molar-refractivity contribution in [3.8, 4) is 0 Å². The number of hydrogen-bond acceptors (Lipinski definition) is 3. The fourth-order valence-electron chi connectivity index (χ4n) is 1.60. The third-order valence-electron chi connectivity index (χ3n) is 2.46. The lowest BCUT2D eigenvalue weighted by molar-refractivity contribution is 1.12. The van der Waals surface area contributed by atoms with Gasteiger partial charge < -0.3 is 0 Å². The third kappa shape index (κ3) is 2.70. The van der Waals surface area contributed by atoms with Crippen molar-refractivity contribution < 1.29 is 0 Å². The highest BCUT2D eigenvalue weighted by atomic mass is 32.1. The van der Waals surface area contributed by atoms with Crippen LogP contribution in [0.2, 0.25) is 0 Å². The SMILES string of the molecule is C/C=C\C(=C/C)c1c(C)c(S)cc(S)c1S. The molecule has 3 heteroatoms. The van der Waals surface area contributed by atoms with Crippen molar-refractivity contribution in [2.45, 2.75) is 35.5 Å². The van der Waals surface area contributed by atoms with Gasteiger partial charge in [0.25, 0.3) is 0 Å². The molecule has 16 heavy (non-hydrogen) atoms. The van der Waals surface area contributed by atoms with Gasteiger partial charge in [0, 0.05) is 14.7 Å². The Labute approximate surface area is 114 Å². The van der Waals surface area contributed by atoms with Gasteiger partial charge in [0.05, 0.1) is 0 Å². The summed E-state index contributed by atoms with van der Waals surface area (Å²) < 4.78 is 0. The van der Waals surface area contributed by atoms with E-state index in [2.05, 4.69) is 57.0 Å². The summed E-state index contributed by atoms with van der Waals surface area (Å²) in [4.78, 5) is 2.71. The smallest absolute Gasteiger partial charge is 0.0256 e. The molecule has 0 aliphatic rings. The van der Waals surface area contributed by atoms with Crippen molar-refractivity contribution in [1.29, 1.82) is 0 Å². The lowest BCUT2D eigenvalue weighted by Crippen LogP contribution is -1.92. The molecule has 0 saturated carbocycles. The van der Waals surface area contributed by atoms with E-state index in [0.29, 0.717) is 0 Å². The van der Waals surface area contributed by atoms with Crippen LogP contribution in [-0.4, -0.2) is 0 Å². The van der Waals surface area contributed by atoms with Gasteiger partial charge in [0.1, 0.15) is 0 Å². The van der Waals surface area contributed by atoms with E-state index in [1.165, 1.54) is 0 Å². The van der Waals surface area contributed by atoms with E-state index in [-0.39, 0.29) is 0 Å². The van der Waals surface area contributed by atoms with Gasteiger partial charge in [0.2, 0.25) is 0 Å². The fraction of sp³-hybridized carbons (Fsp3) is 0.231. The van der Waals surface area contributed by atoms with Crippen molar-refractivity contribution in [3.05, 3.63) is 35.4 Å². The Morgan fingerprint density at radius 2 is 1.75 bits per heavy atom. The first-order valence-electron chi connectivity index (χ1n) is 5.06. The van der Waals surface area contributed by atoms with Crippen LogP contribution in [-0.2, 0) is 0 Å². The molecule has 0 fully saturated rings. The summed E-state index contributed by atoms with van der Waals surface area (Å²) in [5.41, 5.74) is 3.40. The molecule has 0 amide bonds. The first kappa shape index (κ1) is 13.8. The van der Waals surface area contributed by atoms with Crippen LogP contribution >= 0.6 is 37.9 Å². The number of thiol groups is 3. The monoisotopic (exact) mass is 268 g/mol. The summed E-state index contributed by atoms with van der Waals surface area (Å²) in [6.45, 7) is 6.08. The number of rotatable bonds is 2. The van der Waals surface area contributed by atoms with Crippen LogP contribution in [0, 0.1) is 6.92 Å². The van der Waals surface area contributed by atoms with E-state index in [1.54, 1.807) is 0 Å². The average molecular weight is 268 g/mol. The maximum absolute atomic E-state index is 4.53. The summed E-state index contributed by atoms with van der Waals surface area (Å²) in [7, 11) is 0. The van der Waals surface area contributed by atoms with Crippen molar-refractivity contribution >= 4 is 43.5 Å². The highest BCUT2D eigenvalue weighted by Gasteiger charge is 2.11. The van der Waals surface area contributed by atoms with Crippen LogP contribution in [0.15, 0.2) is 39.0 Å². The van der Waals surface area contributed by atoms with Gasteiger partial charge in [-0.25, -0.2) is 0 Å². The van der Waals surface area contributed by atoms with Crippen LogP contribution in [0.1, 0.15) is 25.0 Å². The molecule has 1 rings (SSSR count). The zero-order chi connectivity index (χ0) is 12.3. The molecule has 86 valence electrons. The topological polar surface area (TPSA) is 0 Å². The van der Waals surface area contributed by atoms with Crippen molar-refractivity contribution in [3.63, 3.8) is 0 Å². The number of allylic oxidation sites excluding steroid dienone is 4. The minimum atomic E-state index is 0.859. The Morgan fingerprint density at radius 3 is 2.25 bits per heavy atom. The molecule has 0 aliphatic carbocycles. The van der Waals surface area contributed by atoms with E-state index in [1.807, 2.05) is 26.0 Å². The molecule has 0 saturated heterocycles. The Hall–Kier alpha value is -0.250. The first-order valence-corrected chi connectivity index (χ1v) is 6.41. The van der Waals surface area contributed by atoms with Gasteiger partial charge in [-0.05, 0) is 43.5 Å². The van der Waals surface area contributed by atoms with E-state index in [4.69, 9.17) is 0 Å². The summed E-state index contributed by atoms with van der Waals surface area (Å²) >= 11 is 13.4. The molecule has 0 spiro atoms. The lowest BCUT2D eigenvalue weighted by Gasteiger charge is -2.14. The second kappa shape index (κ2) is 5.89. The largest absolute Gasteiger partial charge is 0.143 e. The summed E-state index contributed by atoms with van der Waals surface area (Å²) in [5.74, 6) is 0. The Balaban J connectivity index is 3.54. The first-order chi connectivity index (χ1) is 7.52. The Bertz CT molecular complexity index is 430. The van der Waals surface area contributed by atoms with Crippen LogP contribution < -0.4 is 0 Å². The van der Waals surface area contributed by atoms with Crippen molar-refractivity contribution in [1.82, 2.24) is 0 Å². The fourth-order valence-corrected chi connectivity index (χ4v) is 2.54. The van der Waals surface area contributed by atoms with Gasteiger partial charge in [-0.3, -0.25) is 0 Å². The molecule has 0 aromatic heterocycles. The Morgan fingerprint density at radius 1 is 1.12 bits per heavy atom. The molecule has 0 N–H and O–H groups in total. The van der Waals surface area contributed by atoms with Crippen LogP contribution in [0.3, 0.4) is 0 Å². The molecule has 1 aromatic carbocycles. The average Bonchev–Trinajstić information content (AvgIpc) is 2.25. The Kier molecular flexibility index (Phi) is 5.09. The zero-order valence-corrected chi connectivity index (χ0v) is 12.3. The van der Waals surface area contributed by atoms with Crippen LogP contribution in [0.5, 0.6) is 0 Å². The molecule has 0 aliphatic heterocycles. The van der Waals surface area contributed by atoms with E-state index in [9.17, 15) is 0 Å². The number of hydrogen-bond donors (Lipinski definition) is 3. The van der Waals surface area contributed by atoms with E-state index in [0.717, 1.165) is 31.4 Å². The standard InChI is InChI=1S/C13H16S3/c1-4-6-9(5-2)12-8(3)10(14)7-11(15)13(12)16/h4-7,14-16H,1-3H3/b6-4-,9-5+. The van der Waals surface area contributed by atoms with E-state index >= 15 is 0 Å². The quantitative estimate of drug-likeness (QED) is 0.496. The van der Waals surface area contributed by atoms with Crippen LogP contribution in [0.25, 0.3) is 5.57 Å². The molecule has 1 aromatic rings. The van der Waals surface area contributed by atoms with Crippen molar-refractivity contribution in [2.75, 3.05) is 0 Å². The zero-order valence-electron chi connectivity index (χ0n) is 9.65.